The first-order chi connectivity index (χ1) is 7.57. The van der Waals surface area contributed by atoms with Crippen molar-refractivity contribution >= 4 is 0 Å². The summed E-state index contributed by atoms with van der Waals surface area (Å²) >= 11 is 0. The fourth-order valence-electron chi connectivity index (χ4n) is 1.49. The smallest absolute Gasteiger partial charge is 0.104 e. The topological polar surface area (TPSA) is 13.1 Å². The Kier molecular flexibility index (Phi) is 7.20. The molecule has 0 fully saturated rings. The molecule has 0 saturated carbocycles. The van der Waals surface area contributed by atoms with Crippen LogP contribution in [0.5, 0.6) is 0 Å². The molecule has 1 heteroatoms. The maximum absolute atomic E-state index is 5.76. The Hall–Kier alpha value is -0.720. The largest absolute Gasteiger partial charge is 0.466 e. The summed E-state index contributed by atoms with van der Waals surface area (Å²) in [4.78, 5) is 0. The number of hydrogen-bond acceptors (Lipinski definition) is 1. The van der Waals surface area contributed by atoms with Gasteiger partial charge in [-0.25, -0.2) is 0 Å². The zero-order chi connectivity index (χ0) is 12.6. The third-order valence-electron chi connectivity index (χ3n) is 2.82. The highest BCUT2D eigenvalue weighted by molar-refractivity contribution is 5.08. The van der Waals surface area contributed by atoms with E-state index in [9.17, 15) is 0 Å². The quantitative estimate of drug-likeness (QED) is 0.667. The van der Waals surface area contributed by atoms with E-state index >= 15 is 0 Å². The molecule has 0 radical (unpaired) electrons. The Morgan fingerprint density at radius 3 is 2.12 bits per heavy atom. The van der Waals surface area contributed by atoms with Crippen LogP contribution in [0, 0.1) is 5.41 Å². The molecule has 0 bridgehead atoms. The Labute approximate surface area is 101 Å². The SMILES string of the molecule is CC.CCCc1ccc(CC(C)(C)CC)o1. The Bertz CT molecular complexity index is 271. The normalized spacial score (nSPS) is 10.9. The Morgan fingerprint density at radius 1 is 1.06 bits per heavy atom. The molecule has 0 spiro atoms. The molecule has 0 atom stereocenters. The number of hydrogen-bond donors (Lipinski definition) is 0. The first kappa shape index (κ1) is 15.3. The molecule has 0 aliphatic rings. The maximum Gasteiger partial charge on any atom is 0.104 e. The standard InChI is InChI=1S/C13H22O.C2H6/c1-5-7-11-8-9-12(14-11)10-13(3,4)6-2;1-2/h8-9H,5-7,10H2,1-4H3;1-2H3. The van der Waals surface area contributed by atoms with Gasteiger partial charge >= 0.3 is 0 Å². The van der Waals surface area contributed by atoms with Crippen molar-refractivity contribution in [1.29, 1.82) is 0 Å². The predicted molar refractivity (Wildman–Crippen MR) is 71.8 cm³/mol. The van der Waals surface area contributed by atoms with Gasteiger partial charge in [-0.3, -0.25) is 0 Å². The van der Waals surface area contributed by atoms with Gasteiger partial charge in [-0.05, 0) is 24.0 Å². The van der Waals surface area contributed by atoms with E-state index in [1.54, 1.807) is 0 Å². The number of furan rings is 1. The third-order valence-corrected chi connectivity index (χ3v) is 2.82. The fraction of sp³-hybridized carbons (Fsp3) is 0.733. The third kappa shape index (κ3) is 5.39. The second-order valence-corrected chi connectivity index (χ2v) is 4.81. The van der Waals surface area contributed by atoms with Gasteiger partial charge in [-0.1, -0.05) is 48.0 Å². The molecule has 0 saturated heterocycles. The molecule has 1 rings (SSSR count). The van der Waals surface area contributed by atoms with Gasteiger partial charge in [0.25, 0.3) is 0 Å². The second kappa shape index (κ2) is 7.54. The van der Waals surface area contributed by atoms with Crippen LogP contribution < -0.4 is 0 Å². The summed E-state index contributed by atoms with van der Waals surface area (Å²) in [6.07, 6.45) is 4.46. The first-order valence-corrected chi connectivity index (χ1v) is 6.65. The van der Waals surface area contributed by atoms with Gasteiger partial charge in [0.05, 0.1) is 0 Å². The zero-order valence-electron chi connectivity index (χ0n) is 11.9. The summed E-state index contributed by atoms with van der Waals surface area (Å²) in [6, 6.07) is 4.24. The zero-order valence-corrected chi connectivity index (χ0v) is 11.9. The van der Waals surface area contributed by atoms with Crippen LogP contribution >= 0.6 is 0 Å². The molecule has 0 amide bonds. The van der Waals surface area contributed by atoms with Crippen LogP contribution in [0.1, 0.15) is 65.9 Å². The van der Waals surface area contributed by atoms with Gasteiger partial charge in [0, 0.05) is 12.8 Å². The summed E-state index contributed by atoms with van der Waals surface area (Å²) in [5.41, 5.74) is 0.362. The lowest BCUT2D eigenvalue weighted by Gasteiger charge is -2.20. The van der Waals surface area contributed by atoms with Crippen molar-refractivity contribution in [2.45, 2.75) is 67.2 Å². The molecule has 0 aliphatic heterocycles. The monoisotopic (exact) mass is 224 g/mol. The predicted octanol–water partition coefficient (Wildman–Crippen LogP) is 5.24. The Morgan fingerprint density at radius 2 is 1.62 bits per heavy atom. The molecule has 1 nitrogen and oxygen atoms in total. The molecule has 16 heavy (non-hydrogen) atoms. The van der Waals surface area contributed by atoms with Gasteiger partial charge in [-0.2, -0.15) is 0 Å². The van der Waals surface area contributed by atoms with E-state index in [-0.39, 0.29) is 0 Å². The minimum Gasteiger partial charge on any atom is -0.466 e. The van der Waals surface area contributed by atoms with E-state index in [0.717, 1.165) is 30.8 Å². The van der Waals surface area contributed by atoms with E-state index < -0.39 is 0 Å². The van der Waals surface area contributed by atoms with Crippen molar-refractivity contribution in [3.8, 4) is 0 Å². The van der Waals surface area contributed by atoms with Crippen LogP contribution in [0.25, 0.3) is 0 Å². The van der Waals surface area contributed by atoms with Gasteiger partial charge in [-0.15, -0.1) is 0 Å². The van der Waals surface area contributed by atoms with Gasteiger partial charge < -0.3 is 4.42 Å². The highest BCUT2D eigenvalue weighted by atomic mass is 16.3. The second-order valence-electron chi connectivity index (χ2n) is 4.81. The highest BCUT2D eigenvalue weighted by Gasteiger charge is 2.17. The Balaban J connectivity index is 0.00000106. The van der Waals surface area contributed by atoms with Crippen molar-refractivity contribution < 1.29 is 4.42 Å². The molecule has 0 unspecified atom stereocenters. The van der Waals surface area contributed by atoms with Gasteiger partial charge in [0.2, 0.25) is 0 Å². The first-order valence-electron chi connectivity index (χ1n) is 6.65. The minimum absolute atomic E-state index is 0.362. The van der Waals surface area contributed by atoms with Gasteiger partial charge in [0.15, 0.2) is 0 Å². The van der Waals surface area contributed by atoms with Crippen LogP contribution in [0.15, 0.2) is 16.5 Å². The number of aryl methyl sites for hydroxylation is 1. The lowest BCUT2D eigenvalue weighted by molar-refractivity contribution is 0.312. The highest BCUT2D eigenvalue weighted by Crippen LogP contribution is 2.26. The molecule has 1 aromatic heterocycles. The summed E-state index contributed by atoms with van der Waals surface area (Å²) < 4.78 is 5.76. The molecule has 0 N–H and O–H groups in total. The number of rotatable bonds is 5. The van der Waals surface area contributed by atoms with Crippen LogP contribution in [-0.2, 0) is 12.8 Å². The lowest BCUT2D eigenvalue weighted by Crippen LogP contribution is -2.12. The average Bonchev–Trinajstić information content (AvgIpc) is 2.68. The van der Waals surface area contributed by atoms with E-state index in [2.05, 4.69) is 39.8 Å². The summed E-state index contributed by atoms with van der Waals surface area (Å²) in [5, 5.41) is 0. The van der Waals surface area contributed by atoms with Crippen molar-refractivity contribution in [3.63, 3.8) is 0 Å². The summed E-state index contributed by atoms with van der Waals surface area (Å²) in [7, 11) is 0. The maximum atomic E-state index is 5.76. The summed E-state index contributed by atoms with van der Waals surface area (Å²) in [6.45, 7) is 13.0. The van der Waals surface area contributed by atoms with Crippen LogP contribution in [0.2, 0.25) is 0 Å². The molecule has 1 heterocycles. The van der Waals surface area contributed by atoms with Crippen molar-refractivity contribution in [2.24, 2.45) is 5.41 Å². The van der Waals surface area contributed by atoms with Gasteiger partial charge in [0.1, 0.15) is 11.5 Å². The fourth-order valence-corrected chi connectivity index (χ4v) is 1.49. The minimum atomic E-state index is 0.362. The van der Waals surface area contributed by atoms with Crippen molar-refractivity contribution in [1.82, 2.24) is 0 Å². The van der Waals surface area contributed by atoms with Crippen molar-refractivity contribution in [3.05, 3.63) is 23.7 Å². The summed E-state index contributed by atoms with van der Waals surface area (Å²) in [5.74, 6) is 2.27. The van der Waals surface area contributed by atoms with Crippen LogP contribution in [0.3, 0.4) is 0 Å². The van der Waals surface area contributed by atoms with E-state index in [1.165, 1.54) is 6.42 Å². The molecule has 1 aromatic rings. The van der Waals surface area contributed by atoms with Crippen LogP contribution in [-0.4, -0.2) is 0 Å². The molecule has 94 valence electrons. The molecular weight excluding hydrogens is 196 g/mol. The van der Waals surface area contributed by atoms with Crippen LogP contribution in [0.4, 0.5) is 0 Å². The molecular formula is C15H28O. The van der Waals surface area contributed by atoms with Crippen molar-refractivity contribution in [2.75, 3.05) is 0 Å². The molecule has 0 aromatic carbocycles. The van der Waals surface area contributed by atoms with E-state index in [0.29, 0.717) is 5.41 Å². The van der Waals surface area contributed by atoms with E-state index in [4.69, 9.17) is 4.42 Å². The average molecular weight is 224 g/mol. The lowest BCUT2D eigenvalue weighted by atomic mass is 9.86. The molecule has 0 aliphatic carbocycles. The van der Waals surface area contributed by atoms with E-state index in [1.807, 2.05) is 13.8 Å².